The molecule has 0 aliphatic carbocycles. The van der Waals surface area contributed by atoms with Crippen LogP contribution in [0.2, 0.25) is 0 Å². The maximum absolute atomic E-state index is 12.5. The highest BCUT2D eigenvalue weighted by Crippen LogP contribution is 2.31. The third-order valence-electron chi connectivity index (χ3n) is 5.25. The van der Waals surface area contributed by atoms with Crippen LogP contribution in [-0.4, -0.2) is 55.5 Å². The fourth-order valence-electron chi connectivity index (χ4n) is 3.50. The minimum Gasteiger partial charge on any atom is -0.354 e. The number of nitrogens with zero attached hydrogens (tertiary/aromatic N) is 1. The molecule has 1 aromatic rings. The normalized spacial score (nSPS) is 23.1. The molecule has 0 saturated carbocycles. The predicted molar refractivity (Wildman–Crippen MR) is 92.8 cm³/mol. The molecule has 1 N–H and O–H groups in total. The molecule has 2 fully saturated rings. The van der Waals surface area contributed by atoms with Crippen LogP contribution in [-0.2, 0) is 14.3 Å². The second kappa shape index (κ2) is 7.64. The lowest BCUT2D eigenvalue weighted by Crippen LogP contribution is -2.52. The zero-order valence-electron chi connectivity index (χ0n) is 14.7. The SMILES string of the molecule is CC(CNC(=O)C(C)N1CCC2(CC1)OCCO2)c1ccccc1. The number of nitrogens with one attached hydrogen (secondary N) is 1. The fraction of sp³-hybridized carbons (Fsp3) is 0.632. The molecule has 5 nitrogen and oxygen atoms in total. The molecule has 5 heteroatoms. The zero-order chi connectivity index (χ0) is 17.0. The summed E-state index contributed by atoms with van der Waals surface area (Å²) in [5.74, 6) is 0.0309. The van der Waals surface area contributed by atoms with Crippen LogP contribution >= 0.6 is 0 Å². The molecular weight excluding hydrogens is 304 g/mol. The number of carbonyl (C=O) groups excluding carboxylic acids is 1. The van der Waals surface area contributed by atoms with E-state index in [1.54, 1.807) is 0 Å². The lowest BCUT2D eigenvalue weighted by Gasteiger charge is -2.39. The van der Waals surface area contributed by atoms with Gasteiger partial charge in [0.15, 0.2) is 5.79 Å². The maximum Gasteiger partial charge on any atom is 0.237 e. The summed E-state index contributed by atoms with van der Waals surface area (Å²) in [5, 5.41) is 3.10. The van der Waals surface area contributed by atoms with Crippen LogP contribution in [0.1, 0.15) is 38.2 Å². The average molecular weight is 332 g/mol. The van der Waals surface area contributed by atoms with Gasteiger partial charge in [-0.05, 0) is 18.4 Å². The van der Waals surface area contributed by atoms with E-state index in [1.165, 1.54) is 5.56 Å². The number of carbonyl (C=O) groups is 1. The Bertz CT molecular complexity index is 533. The number of rotatable bonds is 5. The van der Waals surface area contributed by atoms with Crippen molar-refractivity contribution >= 4 is 5.91 Å². The van der Waals surface area contributed by atoms with Gasteiger partial charge in [-0.2, -0.15) is 0 Å². The first-order valence-electron chi connectivity index (χ1n) is 8.94. The monoisotopic (exact) mass is 332 g/mol. The molecule has 2 aliphatic rings. The van der Waals surface area contributed by atoms with Gasteiger partial charge in [0.1, 0.15) is 0 Å². The van der Waals surface area contributed by atoms with Crippen LogP contribution in [0.25, 0.3) is 0 Å². The first-order valence-corrected chi connectivity index (χ1v) is 8.94. The Labute approximate surface area is 144 Å². The van der Waals surface area contributed by atoms with Gasteiger partial charge in [0.05, 0.1) is 19.3 Å². The van der Waals surface area contributed by atoms with Crippen molar-refractivity contribution < 1.29 is 14.3 Å². The van der Waals surface area contributed by atoms with E-state index in [-0.39, 0.29) is 17.7 Å². The second-order valence-corrected chi connectivity index (χ2v) is 6.88. The molecule has 1 aromatic carbocycles. The number of likely N-dealkylation sites (tertiary alicyclic amines) is 1. The zero-order valence-corrected chi connectivity index (χ0v) is 14.7. The van der Waals surface area contributed by atoms with E-state index in [0.717, 1.165) is 25.9 Å². The van der Waals surface area contributed by atoms with E-state index in [0.29, 0.717) is 25.7 Å². The third kappa shape index (κ3) is 3.97. The molecule has 2 unspecified atom stereocenters. The smallest absolute Gasteiger partial charge is 0.237 e. The lowest BCUT2D eigenvalue weighted by molar-refractivity contribution is -0.188. The number of ether oxygens (including phenoxy) is 2. The Morgan fingerprint density at radius 3 is 2.42 bits per heavy atom. The quantitative estimate of drug-likeness (QED) is 0.897. The van der Waals surface area contributed by atoms with E-state index in [2.05, 4.69) is 29.3 Å². The van der Waals surface area contributed by atoms with Crippen LogP contribution in [0.15, 0.2) is 30.3 Å². The summed E-state index contributed by atoms with van der Waals surface area (Å²) in [6.07, 6.45) is 1.68. The summed E-state index contributed by atoms with van der Waals surface area (Å²) < 4.78 is 11.5. The summed E-state index contributed by atoms with van der Waals surface area (Å²) in [7, 11) is 0. The molecule has 1 spiro atoms. The van der Waals surface area contributed by atoms with Crippen LogP contribution in [0.5, 0.6) is 0 Å². The van der Waals surface area contributed by atoms with Crippen molar-refractivity contribution in [3.05, 3.63) is 35.9 Å². The third-order valence-corrected chi connectivity index (χ3v) is 5.25. The highest BCUT2D eigenvalue weighted by Gasteiger charge is 2.41. The first-order chi connectivity index (χ1) is 11.6. The highest BCUT2D eigenvalue weighted by molar-refractivity contribution is 5.81. The van der Waals surface area contributed by atoms with Crippen LogP contribution < -0.4 is 5.32 Å². The molecule has 0 radical (unpaired) electrons. The molecule has 2 saturated heterocycles. The Morgan fingerprint density at radius 2 is 1.79 bits per heavy atom. The molecular formula is C19H28N2O3. The Morgan fingerprint density at radius 1 is 1.17 bits per heavy atom. The first kappa shape index (κ1) is 17.4. The molecule has 1 amide bonds. The van der Waals surface area contributed by atoms with Crippen molar-refractivity contribution in [2.75, 3.05) is 32.8 Å². The summed E-state index contributed by atoms with van der Waals surface area (Å²) in [6.45, 7) is 7.83. The molecule has 2 heterocycles. The van der Waals surface area contributed by atoms with E-state index in [1.807, 2.05) is 25.1 Å². The number of piperidine rings is 1. The molecule has 0 bridgehead atoms. The van der Waals surface area contributed by atoms with Gasteiger partial charge in [-0.15, -0.1) is 0 Å². The van der Waals surface area contributed by atoms with E-state index in [9.17, 15) is 4.79 Å². The van der Waals surface area contributed by atoms with Crippen molar-refractivity contribution in [3.63, 3.8) is 0 Å². The van der Waals surface area contributed by atoms with E-state index < -0.39 is 0 Å². The van der Waals surface area contributed by atoms with Gasteiger partial charge < -0.3 is 14.8 Å². The van der Waals surface area contributed by atoms with Crippen molar-refractivity contribution in [2.24, 2.45) is 0 Å². The molecule has 2 aliphatic heterocycles. The van der Waals surface area contributed by atoms with Gasteiger partial charge in [0, 0.05) is 32.5 Å². The van der Waals surface area contributed by atoms with Crippen LogP contribution in [0.3, 0.4) is 0 Å². The maximum atomic E-state index is 12.5. The van der Waals surface area contributed by atoms with Gasteiger partial charge >= 0.3 is 0 Å². The lowest BCUT2D eigenvalue weighted by atomic mass is 10.0. The summed E-state index contributed by atoms with van der Waals surface area (Å²) >= 11 is 0. The number of benzene rings is 1. The van der Waals surface area contributed by atoms with Crippen LogP contribution in [0, 0.1) is 0 Å². The van der Waals surface area contributed by atoms with E-state index in [4.69, 9.17) is 9.47 Å². The standard InChI is InChI=1S/C19H28N2O3/c1-15(17-6-4-3-5-7-17)14-20-18(22)16(2)21-10-8-19(9-11-21)23-12-13-24-19/h3-7,15-16H,8-14H2,1-2H3,(H,20,22). The largest absolute Gasteiger partial charge is 0.354 e. The van der Waals surface area contributed by atoms with Crippen molar-refractivity contribution in [1.29, 1.82) is 0 Å². The molecule has 24 heavy (non-hydrogen) atoms. The van der Waals surface area contributed by atoms with Gasteiger partial charge in [0.2, 0.25) is 5.91 Å². The van der Waals surface area contributed by atoms with Gasteiger partial charge in [-0.25, -0.2) is 0 Å². The van der Waals surface area contributed by atoms with Gasteiger partial charge in [-0.3, -0.25) is 9.69 Å². The summed E-state index contributed by atoms with van der Waals surface area (Å²) in [6, 6.07) is 10.2. The topological polar surface area (TPSA) is 50.8 Å². The Kier molecular flexibility index (Phi) is 5.54. The van der Waals surface area contributed by atoms with Crippen molar-refractivity contribution in [3.8, 4) is 0 Å². The molecule has 3 rings (SSSR count). The summed E-state index contributed by atoms with van der Waals surface area (Å²) in [4.78, 5) is 14.7. The van der Waals surface area contributed by atoms with E-state index >= 15 is 0 Å². The number of hydrogen-bond donors (Lipinski definition) is 1. The summed E-state index contributed by atoms with van der Waals surface area (Å²) in [5.41, 5.74) is 1.25. The second-order valence-electron chi connectivity index (χ2n) is 6.88. The minimum absolute atomic E-state index is 0.0991. The molecule has 0 aromatic heterocycles. The predicted octanol–water partition coefficient (Wildman–Crippen LogP) is 2.13. The number of amides is 1. The Balaban J connectivity index is 1.45. The van der Waals surface area contributed by atoms with Crippen molar-refractivity contribution in [1.82, 2.24) is 10.2 Å². The highest BCUT2D eigenvalue weighted by atomic mass is 16.7. The number of hydrogen-bond acceptors (Lipinski definition) is 4. The van der Waals surface area contributed by atoms with Gasteiger partial charge in [-0.1, -0.05) is 37.3 Å². The molecule has 132 valence electrons. The molecule has 2 atom stereocenters. The van der Waals surface area contributed by atoms with Crippen molar-refractivity contribution in [2.45, 2.75) is 44.4 Å². The van der Waals surface area contributed by atoms with Gasteiger partial charge in [0.25, 0.3) is 0 Å². The average Bonchev–Trinajstić information content (AvgIpc) is 3.08. The minimum atomic E-state index is -0.380. The fourth-order valence-corrected chi connectivity index (χ4v) is 3.50. The Hall–Kier alpha value is -1.43. The van der Waals surface area contributed by atoms with Crippen LogP contribution in [0.4, 0.5) is 0 Å².